The molecule has 2 heterocycles. The molecule has 0 amide bonds. The second-order valence-corrected chi connectivity index (χ2v) is 5.89. The molecule has 0 bridgehead atoms. The smallest absolute Gasteiger partial charge is 0.336 e. The van der Waals surface area contributed by atoms with Crippen LogP contribution < -0.4 is 10.4 Å². The molecule has 3 rings (SSSR count). The molecule has 10 nitrogen and oxygen atoms in total. The van der Waals surface area contributed by atoms with Gasteiger partial charge in [0.15, 0.2) is 17.4 Å². The van der Waals surface area contributed by atoms with Crippen molar-refractivity contribution in [2.45, 2.75) is 37.6 Å². The number of carbonyl (C=O) groups is 1. The Morgan fingerprint density at radius 1 is 1.15 bits per heavy atom. The van der Waals surface area contributed by atoms with E-state index in [9.17, 15) is 30.0 Å². The molecule has 140 valence electrons. The Labute approximate surface area is 145 Å². The van der Waals surface area contributed by atoms with Crippen LogP contribution in [0.4, 0.5) is 0 Å². The zero-order valence-corrected chi connectivity index (χ0v) is 13.4. The highest BCUT2D eigenvalue weighted by molar-refractivity contribution is 5.87. The minimum absolute atomic E-state index is 0.159. The fourth-order valence-electron chi connectivity index (χ4n) is 2.72. The van der Waals surface area contributed by atoms with E-state index in [2.05, 4.69) is 0 Å². The lowest BCUT2D eigenvalue weighted by atomic mass is 9.99. The fraction of sp³-hybridized carbons (Fsp3) is 0.375. The summed E-state index contributed by atoms with van der Waals surface area (Å²) in [7, 11) is 0. The maximum Gasteiger partial charge on any atom is 0.336 e. The number of hydrogen-bond donors (Lipinski definition) is 5. The van der Waals surface area contributed by atoms with Gasteiger partial charge < -0.3 is 39.4 Å². The summed E-state index contributed by atoms with van der Waals surface area (Å²) in [6.45, 7) is 1.64. The Balaban J connectivity index is 1.96. The van der Waals surface area contributed by atoms with Crippen LogP contribution in [0.25, 0.3) is 11.0 Å². The molecule has 0 unspecified atom stereocenters. The van der Waals surface area contributed by atoms with Crippen molar-refractivity contribution in [1.82, 2.24) is 0 Å². The number of carboxylic acid groups (broad SMARTS) is 1. The molecule has 0 spiro atoms. The van der Waals surface area contributed by atoms with Crippen LogP contribution in [0.5, 0.6) is 11.5 Å². The molecule has 10 heteroatoms. The van der Waals surface area contributed by atoms with Crippen molar-refractivity contribution in [3.63, 3.8) is 0 Å². The second kappa shape index (κ2) is 6.57. The Morgan fingerprint density at radius 3 is 2.50 bits per heavy atom. The number of aliphatic carboxylic acids is 1. The highest BCUT2D eigenvalue weighted by Crippen LogP contribution is 2.36. The number of phenolic OH excluding ortho intramolecular Hbond substituents is 1. The quantitative estimate of drug-likeness (QED) is 0.427. The lowest BCUT2D eigenvalue weighted by Crippen LogP contribution is -2.61. The van der Waals surface area contributed by atoms with E-state index in [1.54, 1.807) is 6.92 Å². The van der Waals surface area contributed by atoms with Crippen LogP contribution in [0.15, 0.2) is 27.4 Å². The Kier molecular flexibility index (Phi) is 4.59. The summed E-state index contributed by atoms with van der Waals surface area (Å²) in [6.07, 6.45) is -9.05. The van der Waals surface area contributed by atoms with E-state index in [-0.39, 0.29) is 11.3 Å². The maximum atomic E-state index is 11.5. The van der Waals surface area contributed by atoms with Crippen LogP contribution in [0, 0.1) is 6.92 Å². The zero-order chi connectivity index (χ0) is 19.2. The van der Waals surface area contributed by atoms with Gasteiger partial charge >= 0.3 is 11.6 Å². The minimum Gasteiger partial charge on any atom is -0.502 e. The Hall–Kier alpha value is -2.66. The molecule has 2 aromatic rings. The monoisotopic (exact) mass is 368 g/mol. The number of ether oxygens (including phenoxy) is 2. The maximum absolute atomic E-state index is 11.5. The predicted molar refractivity (Wildman–Crippen MR) is 83.8 cm³/mol. The molecule has 1 saturated heterocycles. The third-order valence-corrected chi connectivity index (χ3v) is 4.11. The molecule has 5 N–H and O–H groups in total. The first-order chi connectivity index (χ1) is 12.2. The first-order valence-electron chi connectivity index (χ1n) is 7.56. The molecule has 0 radical (unpaired) electrons. The summed E-state index contributed by atoms with van der Waals surface area (Å²) < 4.78 is 15.2. The highest BCUT2D eigenvalue weighted by Gasteiger charge is 2.48. The van der Waals surface area contributed by atoms with Gasteiger partial charge in [0.25, 0.3) is 0 Å². The van der Waals surface area contributed by atoms with Crippen LogP contribution in [0.3, 0.4) is 0 Å². The first-order valence-corrected chi connectivity index (χ1v) is 7.56. The average molecular weight is 368 g/mol. The van der Waals surface area contributed by atoms with Gasteiger partial charge in [-0.3, -0.25) is 0 Å². The molecule has 5 atom stereocenters. The summed E-state index contributed by atoms with van der Waals surface area (Å²) in [5.74, 6) is -2.41. The van der Waals surface area contributed by atoms with Crippen molar-refractivity contribution in [1.29, 1.82) is 0 Å². The van der Waals surface area contributed by atoms with Crippen molar-refractivity contribution in [3.05, 3.63) is 34.2 Å². The minimum atomic E-state index is -1.87. The van der Waals surface area contributed by atoms with Crippen molar-refractivity contribution in [2.75, 3.05) is 0 Å². The fourth-order valence-corrected chi connectivity index (χ4v) is 2.72. The van der Waals surface area contributed by atoms with E-state index >= 15 is 0 Å². The summed E-state index contributed by atoms with van der Waals surface area (Å²) in [6, 6.07) is 4.03. The van der Waals surface area contributed by atoms with E-state index in [1.807, 2.05) is 0 Å². The molecule has 1 aliphatic heterocycles. The van der Waals surface area contributed by atoms with Gasteiger partial charge in [-0.2, -0.15) is 0 Å². The third kappa shape index (κ3) is 2.99. The number of rotatable bonds is 3. The SMILES string of the molecule is Cc1cc(=O)oc2c(O)c(O[C@@H]3O[C@H](C(=O)O)[C@@H](O)[C@H](O)[C@H]3O)ccc12. The van der Waals surface area contributed by atoms with Crippen molar-refractivity contribution >= 4 is 16.9 Å². The van der Waals surface area contributed by atoms with Gasteiger partial charge in [-0.1, -0.05) is 0 Å². The van der Waals surface area contributed by atoms with Gasteiger partial charge in [-0.05, 0) is 24.6 Å². The average Bonchev–Trinajstić information content (AvgIpc) is 2.57. The van der Waals surface area contributed by atoms with E-state index < -0.39 is 48.1 Å². The van der Waals surface area contributed by atoms with Crippen LogP contribution in [0.1, 0.15) is 5.56 Å². The van der Waals surface area contributed by atoms with Crippen LogP contribution in [0.2, 0.25) is 0 Å². The lowest BCUT2D eigenvalue weighted by Gasteiger charge is -2.38. The molecular formula is C16H16O10. The van der Waals surface area contributed by atoms with Gasteiger partial charge in [0.1, 0.15) is 18.3 Å². The lowest BCUT2D eigenvalue weighted by molar-refractivity contribution is -0.271. The molecule has 0 saturated carbocycles. The number of phenols is 1. The largest absolute Gasteiger partial charge is 0.502 e. The Morgan fingerprint density at radius 2 is 1.85 bits per heavy atom. The van der Waals surface area contributed by atoms with Gasteiger partial charge in [-0.25, -0.2) is 9.59 Å². The van der Waals surface area contributed by atoms with E-state index in [1.165, 1.54) is 18.2 Å². The number of aryl methyl sites for hydroxylation is 1. The summed E-state index contributed by atoms with van der Waals surface area (Å²) in [4.78, 5) is 22.6. The normalized spacial score (nSPS) is 28.8. The number of benzene rings is 1. The topological polar surface area (TPSA) is 167 Å². The standard InChI is InChI=1S/C16H16O10/c1-5-4-8(17)25-13-6(5)2-3-7(9(13)18)24-16-12(21)10(19)11(20)14(26-16)15(22)23/h2-4,10-12,14,16,18-21H,1H3,(H,22,23)/t10-,11-,12+,14-,16+/m0/s1. The molecule has 1 aromatic carbocycles. The second-order valence-electron chi connectivity index (χ2n) is 5.89. The van der Waals surface area contributed by atoms with Gasteiger partial charge in [0.2, 0.25) is 12.0 Å². The number of aliphatic hydroxyl groups is 3. The van der Waals surface area contributed by atoms with Crippen molar-refractivity contribution in [2.24, 2.45) is 0 Å². The molecule has 26 heavy (non-hydrogen) atoms. The summed E-state index contributed by atoms with van der Waals surface area (Å²) in [5.41, 5.74) is -0.300. The summed E-state index contributed by atoms with van der Waals surface area (Å²) in [5, 5.41) is 49.1. The van der Waals surface area contributed by atoms with Gasteiger partial charge in [0.05, 0.1) is 0 Å². The summed E-state index contributed by atoms with van der Waals surface area (Å²) >= 11 is 0. The molecule has 1 aliphatic rings. The van der Waals surface area contributed by atoms with Crippen LogP contribution in [-0.2, 0) is 9.53 Å². The van der Waals surface area contributed by atoms with E-state index in [0.717, 1.165) is 0 Å². The number of carboxylic acids is 1. The van der Waals surface area contributed by atoms with Crippen LogP contribution in [-0.4, -0.2) is 62.2 Å². The van der Waals surface area contributed by atoms with E-state index in [0.29, 0.717) is 10.9 Å². The zero-order valence-electron chi connectivity index (χ0n) is 13.4. The number of fused-ring (bicyclic) bond motifs is 1. The number of aliphatic hydroxyl groups excluding tert-OH is 3. The highest BCUT2D eigenvalue weighted by atomic mass is 16.7. The number of hydrogen-bond acceptors (Lipinski definition) is 9. The molecule has 1 aromatic heterocycles. The van der Waals surface area contributed by atoms with Gasteiger partial charge in [-0.15, -0.1) is 0 Å². The van der Waals surface area contributed by atoms with Crippen LogP contribution >= 0.6 is 0 Å². The molecular weight excluding hydrogens is 352 g/mol. The molecule has 0 aliphatic carbocycles. The Bertz CT molecular complexity index is 904. The molecule has 1 fully saturated rings. The van der Waals surface area contributed by atoms with Crippen molar-refractivity contribution in [3.8, 4) is 11.5 Å². The van der Waals surface area contributed by atoms with E-state index in [4.69, 9.17) is 19.0 Å². The van der Waals surface area contributed by atoms with Crippen molar-refractivity contribution < 1.29 is 44.2 Å². The number of aromatic hydroxyl groups is 1. The third-order valence-electron chi connectivity index (χ3n) is 4.11. The predicted octanol–water partition coefficient (Wildman–Crippen LogP) is -0.922. The first kappa shape index (κ1) is 18.1. The van der Waals surface area contributed by atoms with Gasteiger partial charge in [0, 0.05) is 11.5 Å².